The Morgan fingerprint density at radius 3 is 1.62 bits per heavy atom. The summed E-state index contributed by atoms with van der Waals surface area (Å²) in [5, 5.41) is 0. The van der Waals surface area contributed by atoms with E-state index in [4.69, 9.17) is 9.47 Å². The molecule has 3 aromatic rings. The van der Waals surface area contributed by atoms with Crippen molar-refractivity contribution in [3.8, 4) is 11.5 Å². The van der Waals surface area contributed by atoms with E-state index in [1.807, 2.05) is 78.9 Å². The number of carbonyl (C=O) groups excluding carboxylic acids is 1. The molecule has 3 aromatic carbocycles. The molecule has 32 heavy (non-hydrogen) atoms. The molecule has 0 spiro atoms. The molecule has 0 radical (unpaired) electrons. The maximum Gasteiger partial charge on any atom is 0.187 e. The molecule has 4 nitrogen and oxygen atoms in total. The Kier molecular flexibility index (Phi) is 6.83. The van der Waals surface area contributed by atoms with E-state index < -0.39 is 0 Å². The summed E-state index contributed by atoms with van der Waals surface area (Å²) in [5.41, 5.74) is 4.78. The van der Waals surface area contributed by atoms with Crippen LogP contribution in [0.3, 0.4) is 0 Å². The van der Waals surface area contributed by atoms with Crippen molar-refractivity contribution in [3.05, 3.63) is 107 Å². The van der Waals surface area contributed by atoms with Crippen molar-refractivity contribution in [3.63, 3.8) is 0 Å². The van der Waals surface area contributed by atoms with Crippen LogP contribution in [0.15, 0.2) is 90.0 Å². The Morgan fingerprint density at radius 1 is 0.719 bits per heavy atom. The molecule has 0 atom stereocenters. The Bertz CT molecular complexity index is 1040. The van der Waals surface area contributed by atoms with E-state index in [1.165, 1.54) is 5.56 Å². The summed E-state index contributed by atoms with van der Waals surface area (Å²) in [6, 6.07) is 25.9. The van der Waals surface area contributed by atoms with Crippen LogP contribution in [0.1, 0.15) is 16.7 Å². The van der Waals surface area contributed by atoms with Gasteiger partial charge in [0, 0.05) is 30.8 Å². The van der Waals surface area contributed by atoms with Crippen LogP contribution in [0, 0.1) is 0 Å². The predicted octanol–water partition coefficient (Wildman–Crippen LogP) is 5.26. The Hall–Kier alpha value is -3.63. The molecule has 0 bridgehead atoms. The standard InChI is InChI=1S/C28H27NO3/c1-31-26-12-8-21(9-13-26)16-24-19-29(18-23-6-4-3-5-7-23)20-25(28(24)30)17-22-10-14-27(32-2)15-11-22/h3-17H,18-20H2,1-2H3/b24-16-,25-17+. The van der Waals surface area contributed by atoms with Crippen LogP contribution in [0.2, 0.25) is 0 Å². The van der Waals surface area contributed by atoms with Crippen LogP contribution in [0.4, 0.5) is 0 Å². The summed E-state index contributed by atoms with van der Waals surface area (Å²) in [7, 11) is 3.30. The zero-order valence-electron chi connectivity index (χ0n) is 18.5. The molecule has 1 fully saturated rings. The topological polar surface area (TPSA) is 38.8 Å². The Labute approximate surface area is 189 Å². The van der Waals surface area contributed by atoms with E-state index in [0.717, 1.165) is 40.3 Å². The van der Waals surface area contributed by atoms with Gasteiger partial charge in [-0.25, -0.2) is 0 Å². The van der Waals surface area contributed by atoms with E-state index in [-0.39, 0.29) is 5.78 Å². The first kappa shape index (κ1) is 21.6. The molecule has 4 heteroatoms. The van der Waals surface area contributed by atoms with Gasteiger partial charge in [-0.1, -0.05) is 54.6 Å². The van der Waals surface area contributed by atoms with Crippen molar-refractivity contribution in [1.29, 1.82) is 0 Å². The lowest BCUT2D eigenvalue weighted by atomic mass is 9.94. The molecule has 1 aliphatic rings. The molecular formula is C28H27NO3. The molecule has 1 heterocycles. The zero-order chi connectivity index (χ0) is 22.3. The van der Waals surface area contributed by atoms with E-state index in [0.29, 0.717) is 13.1 Å². The number of piperidine rings is 1. The molecule has 0 aromatic heterocycles. The number of Topliss-reactive ketones (excluding diaryl/α,β-unsaturated/α-hetero) is 1. The molecule has 0 unspecified atom stereocenters. The van der Waals surface area contributed by atoms with Gasteiger partial charge in [-0.15, -0.1) is 0 Å². The third-order valence-corrected chi connectivity index (χ3v) is 5.53. The average molecular weight is 426 g/mol. The first-order valence-electron chi connectivity index (χ1n) is 10.6. The summed E-state index contributed by atoms with van der Waals surface area (Å²) in [4.78, 5) is 15.7. The van der Waals surface area contributed by atoms with Gasteiger partial charge in [-0.2, -0.15) is 0 Å². The van der Waals surface area contributed by atoms with Crippen LogP contribution in [-0.4, -0.2) is 38.0 Å². The second-order valence-corrected chi connectivity index (χ2v) is 7.85. The second kappa shape index (κ2) is 10.1. The molecule has 1 aliphatic heterocycles. The van der Waals surface area contributed by atoms with Crippen LogP contribution in [-0.2, 0) is 11.3 Å². The highest BCUT2D eigenvalue weighted by atomic mass is 16.5. The van der Waals surface area contributed by atoms with Gasteiger partial charge >= 0.3 is 0 Å². The SMILES string of the molecule is COc1ccc(/C=C2/CN(Cc3ccccc3)C/C(=C\c3ccc(OC)cc3)C2=O)cc1. The van der Waals surface area contributed by atoms with E-state index in [1.54, 1.807) is 14.2 Å². The van der Waals surface area contributed by atoms with E-state index in [2.05, 4.69) is 17.0 Å². The largest absolute Gasteiger partial charge is 0.497 e. The zero-order valence-corrected chi connectivity index (χ0v) is 18.5. The van der Waals surface area contributed by atoms with Crippen molar-refractivity contribution in [2.24, 2.45) is 0 Å². The average Bonchev–Trinajstić information content (AvgIpc) is 2.83. The fourth-order valence-corrected chi connectivity index (χ4v) is 3.87. The number of rotatable bonds is 6. The smallest absolute Gasteiger partial charge is 0.187 e. The summed E-state index contributed by atoms with van der Waals surface area (Å²) < 4.78 is 10.5. The first-order chi connectivity index (χ1) is 15.6. The molecule has 0 aliphatic carbocycles. The summed E-state index contributed by atoms with van der Waals surface area (Å²) in [5.74, 6) is 1.70. The van der Waals surface area contributed by atoms with Gasteiger partial charge in [-0.05, 0) is 53.1 Å². The van der Waals surface area contributed by atoms with Gasteiger partial charge < -0.3 is 9.47 Å². The van der Waals surface area contributed by atoms with Gasteiger partial charge in [0.1, 0.15) is 11.5 Å². The number of hydrogen-bond donors (Lipinski definition) is 0. The number of nitrogens with zero attached hydrogens (tertiary/aromatic N) is 1. The highest BCUT2D eigenvalue weighted by Gasteiger charge is 2.26. The quantitative estimate of drug-likeness (QED) is 0.505. The third kappa shape index (κ3) is 5.34. The van der Waals surface area contributed by atoms with Crippen molar-refractivity contribution in [2.75, 3.05) is 27.3 Å². The second-order valence-electron chi connectivity index (χ2n) is 7.85. The highest BCUT2D eigenvalue weighted by molar-refractivity contribution is 6.14. The van der Waals surface area contributed by atoms with Crippen LogP contribution < -0.4 is 9.47 Å². The number of ketones is 1. The summed E-state index contributed by atoms with van der Waals surface area (Å²) in [6.07, 6.45) is 3.97. The fraction of sp³-hybridized carbons (Fsp3) is 0.179. The lowest BCUT2D eigenvalue weighted by Gasteiger charge is -2.30. The van der Waals surface area contributed by atoms with E-state index in [9.17, 15) is 4.79 Å². The van der Waals surface area contributed by atoms with E-state index >= 15 is 0 Å². The number of ether oxygens (including phenoxy) is 2. The molecule has 4 rings (SSSR count). The molecule has 162 valence electrons. The van der Waals surface area contributed by atoms with Gasteiger partial charge in [0.05, 0.1) is 14.2 Å². The minimum absolute atomic E-state index is 0.0981. The van der Waals surface area contributed by atoms with Gasteiger partial charge in [0.15, 0.2) is 5.78 Å². The first-order valence-corrected chi connectivity index (χ1v) is 10.6. The molecule has 1 saturated heterocycles. The van der Waals surface area contributed by atoms with Crippen molar-refractivity contribution >= 4 is 17.9 Å². The molecular weight excluding hydrogens is 398 g/mol. The summed E-state index contributed by atoms with van der Waals surface area (Å²) >= 11 is 0. The predicted molar refractivity (Wildman–Crippen MR) is 129 cm³/mol. The highest BCUT2D eigenvalue weighted by Crippen LogP contribution is 2.25. The third-order valence-electron chi connectivity index (χ3n) is 5.53. The lowest BCUT2D eigenvalue weighted by Crippen LogP contribution is -2.37. The summed E-state index contributed by atoms with van der Waals surface area (Å²) in [6.45, 7) is 2.01. The normalized spacial score (nSPS) is 17.0. The minimum atomic E-state index is 0.0981. The number of carbonyl (C=O) groups is 1. The van der Waals surface area contributed by atoms with Crippen LogP contribution >= 0.6 is 0 Å². The molecule has 0 N–H and O–H groups in total. The van der Waals surface area contributed by atoms with Crippen LogP contribution in [0.25, 0.3) is 12.2 Å². The molecule has 0 saturated carbocycles. The number of benzene rings is 3. The van der Waals surface area contributed by atoms with Gasteiger partial charge in [-0.3, -0.25) is 9.69 Å². The van der Waals surface area contributed by atoms with Crippen molar-refractivity contribution in [2.45, 2.75) is 6.54 Å². The fourth-order valence-electron chi connectivity index (χ4n) is 3.87. The maximum absolute atomic E-state index is 13.4. The van der Waals surface area contributed by atoms with Crippen molar-refractivity contribution in [1.82, 2.24) is 4.90 Å². The van der Waals surface area contributed by atoms with Crippen molar-refractivity contribution < 1.29 is 14.3 Å². The molecule has 0 amide bonds. The Morgan fingerprint density at radius 2 is 1.19 bits per heavy atom. The number of hydrogen-bond acceptors (Lipinski definition) is 4. The maximum atomic E-state index is 13.4. The van der Waals surface area contributed by atoms with Crippen LogP contribution in [0.5, 0.6) is 11.5 Å². The number of likely N-dealkylation sites (tertiary alicyclic amines) is 1. The lowest BCUT2D eigenvalue weighted by molar-refractivity contribution is -0.113. The van der Waals surface area contributed by atoms with Gasteiger partial charge in [0.25, 0.3) is 0 Å². The monoisotopic (exact) mass is 425 g/mol. The number of methoxy groups -OCH3 is 2. The van der Waals surface area contributed by atoms with Gasteiger partial charge in [0.2, 0.25) is 0 Å². The minimum Gasteiger partial charge on any atom is -0.497 e. The Balaban J connectivity index is 1.65.